The number of aromatic amines is 1. The molecule has 1 aromatic rings. The molecule has 0 bridgehead atoms. The topological polar surface area (TPSA) is 83.6 Å². The standard InChI is InChI=1S/C7H11N5O/c1-2-3-4-5-6(13)8-7-9-11-12-10-7/h4-5H,2-3H2,1H3,(H2,8,9,10,11,12,13)/b5-4+. The van der Waals surface area contributed by atoms with Crippen LogP contribution in [-0.2, 0) is 4.79 Å². The van der Waals surface area contributed by atoms with E-state index in [-0.39, 0.29) is 11.9 Å². The van der Waals surface area contributed by atoms with E-state index < -0.39 is 0 Å². The number of unbranched alkanes of at least 4 members (excludes halogenated alkanes) is 1. The van der Waals surface area contributed by atoms with Gasteiger partial charge in [0.15, 0.2) is 0 Å². The van der Waals surface area contributed by atoms with E-state index in [1.165, 1.54) is 6.08 Å². The Morgan fingerprint density at radius 3 is 3.15 bits per heavy atom. The third-order valence-electron chi connectivity index (χ3n) is 1.30. The summed E-state index contributed by atoms with van der Waals surface area (Å²) in [4.78, 5) is 11.1. The average molecular weight is 181 g/mol. The number of anilines is 1. The van der Waals surface area contributed by atoms with Gasteiger partial charge >= 0.3 is 0 Å². The molecule has 0 spiro atoms. The van der Waals surface area contributed by atoms with Crippen molar-refractivity contribution < 1.29 is 4.79 Å². The number of nitrogens with one attached hydrogen (secondary N) is 2. The van der Waals surface area contributed by atoms with E-state index >= 15 is 0 Å². The molecular formula is C7H11N5O. The van der Waals surface area contributed by atoms with Gasteiger partial charge in [-0.1, -0.05) is 24.5 Å². The Labute approximate surface area is 75.4 Å². The normalized spacial score (nSPS) is 10.5. The van der Waals surface area contributed by atoms with Gasteiger partial charge in [0.05, 0.1) is 0 Å². The Bertz CT molecular complexity index is 279. The van der Waals surface area contributed by atoms with E-state index in [4.69, 9.17) is 0 Å². The average Bonchev–Trinajstić information content (AvgIpc) is 2.57. The fourth-order valence-corrected chi connectivity index (χ4v) is 0.724. The van der Waals surface area contributed by atoms with Gasteiger partial charge in [-0.3, -0.25) is 10.1 Å². The Kier molecular flexibility index (Phi) is 3.62. The van der Waals surface area contributed by atoms with Crippen LogP contribution >= 0.6 is 0 Å². The second-order valence-corrected chi connectivity index (χ2v) is 2.42. The lowest BCUT2D eigenvalue weighted by Crippen LogP contribution is -2.09. The van der Waals surface area contributed by atoms with Crippen LogP contribution in [0.5, 0.6) is 0 Å². The molecule has 6 nitrogen and oxygen atoms in total. The quantitative estimate of drug-likeness (QED) is 0.662. The van der Waals surface area contributed by atoms with Crippen LogP contribution in [0.25, 0.3) is 0 Å². The van der Waals surface area contributed by atoms with Crippen LogP contribution in [0.15, 0.2) is 12.2 Å². The minimum Gasteiger partial charge on any atom is -0.288 e. The maximum absolute atomic E-state index is 11.1. The molecule has 0 aliphatic heterocycles. The highest BCUT2D eigenvalue weighted by Gasteiger charge is 1.99. The molecule has 1 amide bonds. The molecule has 0 radical (unpaired) electrons. The fourth-order valence-electron chi connectivity index (χ4n) is 0.724. The summed E-state index contributed by atoms with van der Waals surface area (Å²) in [5.74, 6) is -0.0546. The lowest BCUT2D eigenvalue weighted by Gasteiger charge is -1.91. The van der Waals surface area contributed by atoms with Crippen LogP contribution in [-0.4, -0.2) is 26.5 Å². The second-order valence-electron chi connectivity index (χ2n) is 2.42. The largest absolute Gasteiger partial charge is 0.288 e. The molecule has 0 fully saturated rings. The van der Waals surface area contributed by atoms with Crippen LogP contribution in [0.1, 0.15) is 19.8 Å². The van der Waals surface area contributed by atoms with Gasteiger partial charge in [-0.25, -0.2) is 0 Å². The number of tetrazole rings is 1. The SMILES string of the molecule is CCC/C=C/C(=O)Nc1nn[nH]n1. The molecule has 0 saturated heterocycles. The second kappa shape index (κ2) is 5.02. The van der Waals surface area contributed by atoms with Crippen LogP contribution in [0.3, 0.4) is 0 Å². The van der Waals surface area contributed by atoms with E-state index in [0.717, 1.165) is 12.8 Å². The Balaban J connectivity index is 2.34. The molecule has 1 heterocycles. The van der Waals surface area contributed by atoms with Crippen molar-refractivity contribution >= 4 is 11.9 Å². The van der Waals surface area contributed by atoms with Crippen molar-refractivity contribution in [1.29, 1.82) is 0 Å². The molecule has 0 atom stereocenters. The summed E-state index contributed by atoms with van der Waals surface area (Å²) in [5, 5.41) is 15.1. The van der Waals surface area contributed by atoms with E-state index in [1.54, 1.807) is 6.08 Å². The van der Waals surface area contributed by atoms with Gasteiger partial charge in [-0.2, -0.15) is 5.21 Å². The van der Waals surface area contributed by atoms with Crippen molar-refractivity contribution in [3.63, 3.8) is 0 Å². The van der Waals surface area contributed by atoms with Gasteiger partial charge in [0.1, 0.15) is 0 Å². The first-order valence-electron chi connectivity index (χ1n) is 4.04. The first-order valence-corrected chi connectivity index (χ1v) is 4.04. The number of aromatic nitrogens is 4. The molecule has 1 rings (SSSR count). The lowest BCUT2D eigenvalue weighted by molar-refractivity contribution is -0.112. The van der Waals surface area contributed by atoms with E-state index in [2.05, 4.69) is 25.9 Å². The highest BCUT2D eigenvalue weighted by atomic mass is 16.1. The summed E-state index contributed by atoms with van der Waals surface area (Å²) in [7, 11) is 0. The van der Waals surface area contributed by atoms with Gasteiger partial charge in [0, 0.05) is 0 Å². The number of amides is 1. The van der Waals surface area contributed by atoms with Crippen molar-refractivity contribution in [2.75, 3.05) is 5.32 Å². The molecule has 70 valence electrons. The molecule has 0 aliphatic rings. The van der Waals surface area contributed by atoms with Gasteiger partial charge in [-0.05, 0) is 17.7 Å². The molecule has 0 aromatic carbocycles. The summed E-state index contributed by atoms with van der Waals surface area (Å²) in [6.45, 7) is 2.04. The lowest BCUT2D eigenvalue weighted by atomic mass is 10.3. The highest BCUT2D eigenvalue weighted by molar-refractivity contribution is 5.97. The molecule has 0 unspecified atom stereocenters. The van der Waals surface area contributed by atoms with Gasteiger partial charge in [0.25, 0.3) is 5.95 Å². The van der Waals surface area contributed by atoms with E-state index in [1.807, 2.05) is 6.92 Å². The Morgan fingerprint density at radius 1 is 1.69 bits per heavy atom. The summed E-state index contributed by atoms with van der Waals surface area (Å²) < 4.78 is 0. The van der Waals surface area contributed by atoms with Crippen molar-refractivity contribution in [3.05, 3.63) is 12.2 Å². The third kappa shape index (κ3) is 3.46. The maximum atomic E-state index is 11.1. The van der Waals surface area contributed by atoms with Gasteiger partial charge < -0.3 is 0 Å². The van der Waals surface area contributed by atoms with Crippen LogP contribution in [0, 0.1) is 0 Å². The van der Waals surface area contributed by atoms with Crippen molar-refractivity contribution in [3.8, 4) is 0 Å². The number of hydrogen-bond acceptors (Lipinski definition) is 4. The van der Waals surface area contributed by atoms with Crippen molar-refractivity contribution in [2.24, 2.45) is 0 Å². The van der Waals surface area contributed by atoms with Crippen molar-refractivity contribution in [2.45, 2.75) is 19.8 Å². The number of nitrogens with zero attached hydrogens (tertiary/aromatic N) is 3. The highest BCUT2D eigenvalue weighted by Crippen LogP contribution is 1.92. The Morgan fingerprint density at radius 2 is 2.54 bits per heavy atom. The number of allylic oxidation sites excluding steroid dienone is 1. The first kappa shape index (κ1) is 9.37. The fraction of sp³-hybridized carbons (Fsp3) is 0.429. The van der Waals surface area contributed by atoms with Crippen LogP contribution in [0.4, 0.5) is 5.95 Å². The number of hydrogen-bond donors (Lipinski definition) is 2. The number of carbonyl (C=O) groups excluding carboxylic acids is 1. The van der Waals surface area contributed by atoms with Gasteiger partial charge in [0.2, 0.25) is 5.91 Å². The predicted molar refractivity (Wildman–Crippen MR) is 46.9 cm³/mol. The molecule has 0 aliphatic carbocycles. The van der Waals surface area contributed by atoms with Crippen LogP contribution in [0.2, 0.25) is 0 Å². The molecule has 13 heavy (non-hydrogen) atoms. The third-order valence-corrected chi connectivity index (χ3v) is 1.30. The Hall–Kier alpha value is -1.72. The molecule has 0 saturated carbocycles. The monoisotopic (exact) mass is 181 g/mol. The molecule has 2 N–H and O–H groups in total. The molecule has 1 aromatic heterocycles. The summed E-state index contributed by atoms with van der Waals surface area (Å²) in [6, 6.07) is 0. The minimum absolute atomic E-state index is 0.186. The van der Waals surface area contributed by atoms with E-state index in [9.17, 15) is 4.79 Å². The molecular weight excluding hydrogens is 170 g/mol. The zero-order valence-electron chi connectivity index (χ0n) is 7.32. The van der Waals surface area contributed by atoms with Crippen LogP contribution < -0.4 is 5.32 Å². The predicted octanol–water partition coefficient (Wildman–Crippen LogP) is 0.494. The van der Waals surface area contributed by atoms with Crippen molar-refractivity contribution in [1.82, 2.24) is 20.6 Å². The van der Waals surface area contributed by atoms with Gasteiger partial charge in [-0.15, -0.1) is 5.10 Å². The van der Waals surface area contributed by atoms with E-state index in [0.29, 0.717) is 0 Å². The smallest absolute Gasteiger partial charge is 0.270 e. The summed E-state index contributed by atoms with van der Waals surface area (Å²) in [6.07, 6.45) is 5.17. The summed E-state index contributed by atoms with van der Waals surface area (Å²) >= 11 is 0. The first-order chi connectivity index (χ1) is 6.33. The molecule has 6 heteroatoms. The zero-order valence-corrected chi connectivity index (χ0v) is 7.32. The zero-order chi connectivity index (χ0) is 9.52. The minimum atomic E-state index is -0.241. The number of H-pyrrole nitrogens is 1. The number of rotatable bonds is 4. The maximum Gasteiger partial charge on any atom is 0.270 e. The number of carbonyl (C=O) groups is 1. The summed E-state index contributed by atoms with van der Waals surface area (Å²) in [5.41, 5.74) is 0.